The van der Waals surface area contributed by atoms with Crippen LogP contribution in [0, 0.1) is 13.8 Å². The highest BCUT2D eigenvalue weighted by Crippen LogP contribution is 2.17. The van der Waals surface area contributed by atoms with Gasteiger partial charge in [-0.1, -0.05) is 0 Å². The highest BCUT2D eigenvalue weighted by molar-refractivity contribution is 5.76. The molecule has 4 rings (SSSR count). The topological polar surface area (TPSA) is 59.3 Å². The van der Waals surface area contributed by atoms with Crippen LogP contribution in [-0.2, 0) is 20.8 Å². The fraction of sp³-hybridized carbons (Fsp3) is 0.636. The van der Waals surface area contributed by atoms with Gasteiger partial charge in [-0.25, -0.2) is 4.98 Å². The van der Waals surface area contributed by atoms with Crippen molar-refractivity contribution in [2.45, 2.75) is 45.8 Å². The number of nitrogens with zero attached hydrogens (tertiary/aromatic N) is 4. The van der Waals surface area contributed by atoms with Crippen molar-refractivity contribution < 1.29 is 14.3 Å². The monoisotopic (exact) mass is 400 g/mol. The summed E-state index contributed by atoms with van der Waals surface area (Å²) in [5, 5.41) is 0. The van der Waals surface area contributed by atoms with Gasteiger partial charge >= 0.3 is 0 Å². The first-order valence-corrected chi connectivity index (χ1v) is 10.7. The molecule has 2 aliphatic rings. The smallest absolute Gasteiger partial charge is 0.224 e. The third kappa shape index (κ3) is 4.97. The zero-order valence-electron chi connectivity index (χ0n) is 17.6. The van der Waals surface area contributed by atoms with Crippen LogP contribution in [0.2, 0.25) is 0 Å². The van der Waals surface area contributed by atoms with Crippen molar-refractivity contribution in [3.05, 3.63) is 35.3 Å². The summed E-state index contributed by atoms with van der Waals surface area (Å²) >= 11 is 0. The van der Waals surface area contributed by atoms with Gasteiger partial charge in [0, 0.05) is 45.5 Å². The maximum Gasteiger partial charge on any atom is 0.224 e. The quantitative estimate of drug-likeness (QED) is 0.667. The molecule has 1 unspecified atom stereocenters. The summed E-state index contributed by atoms with van der Waals surface area (Å²) in [7, 11) is 0. The molecular formula is C22H32N4O3. The predicted molar refractivity (Wildman–Crippen MR) is 111 cm³/mol. The van der Waals surface area contributed by atoms with Gasteiger partial charge in [0.05, 0.1) is 37.1 Å². The normalized spacial score (nSPS) is 20.6. The largest absolute Gasteiger partial charge is 0.378 e. The maximum atomic E-state index is 12.5. The van der Waals surface area contributed by atoms with Crippen molar-refractivity contribution in [1.82, 2.24) is 19.2 Å². The van der Waals surface area contributed by atoms with Crippen LogP contribution in [0.25, 0.3) is 5.65 Å². The van der Waals surface area contributed by atoms with E-state index in [9.17, 15) is 4.79 Å². The molecule has 2 saturated heterocycles. The lowest BCUT2D eigenvalue weighted by molar-refractivity contribution is -0.134. The molecule has 2 aromatic heterocycles. The Kier molecular flexibility index (Phi) is 6.47. The molecule has 4 heterocycles. The van der Waals surface area contributed by atoms with Crippen molar-refractivity contribution >= 4 is 11.6 Å². The third-order valence-electron chi connectivity index (χ3n) is 5.97. The van der Waals surface area contributed by atoms with E-state index in [4.69, 9.17) is 14.5 Å². The zero-order valence-corrected chi connectivity index (χ0v) is 17.6. The minimum atomic E-state index is 0.193. The van der Waals surface area contributed by atoms with Crippen LogP contribution in [0.15, 0.2) is 18.3 Å². The number of carbonyl (C=O) groups excluding carboxylic acids is 1. The minimum absolute atomic E-state index is 0.193. The molecular weight excluding hydrogens is 368 g/mol. The van der Waals surface area contributed by atoms with Gasteiger partial charge in [0.2, 0.25) is 5.91 Å². The number of carbonyl (C=O) groups is 1. The summed E-state index contributed by atoms with van der Waals surface area (Å²) in [6, 6.07) is 4.24. The first kappa shape index (κ1) is 20.3. The van der Waals surface area contributed by atoms with Gasteiger partial charge in [-0.3, -0.25) is 9.69 Å². The van der Waals surface area contributed by atoms with E-state index in [0.717, 1.165) is 63.5 Å². The van der Waals surface area contributed by atoms with E-state index in [1.807, 2.05) is 4.90 Å². The van der Waals surface area contributed by atoms with Crippen LogP contribution in [0.3, 0.4) is 0 Å². The minimum Gasteiger partial charge on any atom is -0.378 e. The van der Waals surface area contributed by atoms with E-state index >= 15 is 0 Å². The number of hydrogen-bond donors (Lipinski definition) is 0. The number of aryl methyl sites for hydroxylation is 2. The summed E-state index contributed by atoms with van der Waals surface area (Å²) in [5.41, 5.74) is 4.55. The molecule has 1 atom stereocenters. The van der Waals surface area contributed by atoms with Crippen LogP contribution in [0.5, 0.6) is 0 Å². The van der Waals surface area contributed by atoms with Gasteiger partial charge in [0.1, 0.15) is 5.65 Å². The van der Waals surface area contributed by atoms with Crippen LogP contribution >= 0.6 is 0 Å². The molecule has 0 radical (unpaired) electrons. The first-order chi connectivity index (χ1) is 14.1. The predicted octanol–water partition coefficient (Wildman–Crippen LogP) is 2.18. The highest BCUT2D eigenvalue weighted by Gasteiger charge is 2.23. The van der Waals surface area contributed by atoms with Crippen molar-refractivity contribution in [3.8, 4) is 0 Å². The molecule has 7 nitrogen and oxygen atoms in total. The van der Waals surface area contributed by atoms with Crippen molar-refractivity contribution in [1.29, 1.82) is 0 Å². The summed E-state index contributed by atoms with van der Waals surface area (Å²) in [6.07, 6.45) is 4.97. The number of hydrogen-bond acceptors (Lipinski definition) is 5. The number of ether oxygens (including phenoxy) is 2. The molecule has 0 N–H and O–H groups in total. The van der Waals surface area contributed by atoms with E-state index in [0.29, 0.717) is 19.6 Å². The Balaban J connectivity index is 1.22. The van der Waals surface area contributed by atoms with E-state index in [1.54, 1.807) is 0 Å². The summed E-state index contributed by atoms with van der Waals surface area (Å²) < 4.78 is 13.4. The Morgan fingerprint density at radius 3 is 2.86 bits per heavy atom. The lowest BCUT2D eigenvalue weighted by Crippen LogP contribution is -2.48. The average molecular weight is 401 g/mol. The fourth-order valence-corrected chi connectivity index (χ4v) is 4.18. The molecule has 29 heavy (non-hydrogen) atoms. The summed E-state index contributed by atoms with van der Waals surface area (Å²) in [4.78, 5) is 21.5. The second-order valence-corrected chi connectivity index (χ2v) is 8.19. The molecule has 0 aliphatic carbocycles. The number of rotatable bonds is 7. The van der Waals surface area contributed by atoms with Crippen molar-refractivity contribution in [2.24, 2.45) is 0 Å². The molecule has 1 amide bonds. The number of aromatic nitrogens is 2. The Bertz CT molecular complexity index is 836. The van der Waals surface area contributed by atoms with Gasteiger partial charge in [0.15, 0.2) is 0 Å². The maximum absolute atomic E-state index is 12.5. The molecule has 0 aromatic carbocycles. The molecule has 2 aliphatic heterocycles. The molecule has 2 aromatic rings. The SMILES string of the molecule is Cc1ccn2c(CN3CCN(C(=O)CCOCC4CCCO4)CC3)c(C)nc2c1. The number of piperazine rings is 1. The van der Waals surface area contributed by atoms with Crippen LogP contribution in [0.1, 0.15) is 36.2 Å². The second kappa shape index (κ2) is 9.24. The number of amides is 1. The van der Waals surface area contributed by atoms with Crippen molar-refractivity contribution in [2.75, 3.05) is 46.0 Å². The van der Waals surface area contributed by atoms with Crippen molar-refractivity contribution in [3.63, 3.8) is 0 Å². The summed E-state index contributed by atoms with van der Waals surface area (Å²) in [6.45, 7) is 10.3. The second-order valence-electron chi connectivity index (χ2n) is 8.19. The number of imidazole rings is 1. The molecule has 0 saturated carbocycles. The Morgan fingerprint density at radius 2 is 2.10 bits per heavy atom. The van der Waals surface area contributed by atoms with E-state index in [2.05, 4.69) is 41.5 Å². The Morgan fingerprint density at radius 1 is 1.28 bits per heavy atom. The van der Waals surface area contributed by atoms with E-state index in [1.165, 1.54) is 11.3 Å². The van der Waals surface area contributed by atoms with E-state index < -0.39 is 0 Å². The van der Waals surface area contributed by atoms with Crippen LogP contribution in [0.4, 0.5) is 0 Å². The summed E-state index contributed by atoms with van der Waals surface area (Å²) in [5.74, 6) is 0.193. The molecule has 7 heteroatoms. The van der Waals surface area contributed by atoms with Gasteiger partial charge in [-0.2, -0.15) is 0 Å². The Labute approximate surface area is 172 Å². The van der Waals surface area contributed by atoms with Gasteiger partial charge in [-0.15, -0.1) is 0 Å². The van der Waals surface area contributed by atoms with Crippen LogP contribution < -0.4 is 0 Å². The molecule has 2 fully saturated rings. The molecule has 0 bridgehead atoms. The van der Waals surface area contributed by atoms with E-state index in [-0.39, 0.29) is 12.0 Å². The van der Waals surface area contributed by atoms with Crippen LogP contribution in [-0.4, -0.2) is 77.2 Å². The van der Waals surface area contributed by atoms with Gasteiger partial charge in [-0.05, 0) is 44.4 Å². The Hall–Kier alpha value is -1.96. The van der Waals surface area contributed by atoms with Gasteiger partial charge < -0.3 is 18.8 Å². The lowest BCUT2D eigenvalue weighted by atomic mass is 10.2. The highest BCUT2D eigenvalue weighted by atomic mass is 16.5. The zero-order chi connectivity index (χ0) is 20.2. The molecule has 0 spiro atoms. The van der Waals surface area contributed by atoms with Gasteiger partial charge in [0.25, 0.3) is 0 Å². The number of pyridine rings is 1. The first-order valence-electron chi connectivity index (χ1n) is 10.7. The third-order valence-corrected chi connectivity index (χ3v) is 5.97. The number of fused-ring (bicyclic) bond motifs is 1. The fourth-order valence-electron chi connectivity index (χ4n) is 4.18. The lowest BCUT2D eigenvalue weighted by Gasteiger charge is -2.34. The molecule has 158 valence electrons. The average Bonchev–Trinajstić information content (AvgIpc) is 3.33. The standard InChI is InChI=1S/C22H32N4O3/c1-17-5-7-26-20(18(2)23-21(26)14-17)15-24-8-10-25(11-9-24)22(27)6-13-28-16-19-4-3-12-29-19/h5,7,14,19H,3-4,6,8-13,15-16H2,1-2H3.